The van der Waals surface area contributed by atoms with Crippen molar-refractivity contribution in [2.75, 3.05) is 27.9 Å². The van der Waals surface area contributed by atoms with Gasteiger partial charge in [-0.2, -0.15) is 0 Å². The highest BCUT2D eigenvalue weighted by atomic mass is 16.5. The predicted octanol–water partition coefficient (Wildman–Crippen LogP) is 4.74. The van der Waals surface area contributed by atoms with E-state index in [0.29, 0.717) is 35.8 Å². The van der Waals surface area contributed by atoms with E-state index in [0.717, 1.165) is 21.9 Å². The van der Waals surface area contributed by atoms with E-state index in [4.69, 9.17) is 14.2 Å². The van der Waals surface area contributed by atoms with Crippen LogP contribution in [0.5, 0.6) is 17.2 Å². The maximum atomic E-state index is 13.4. The van der Waals surface area contributed by atoms with Crippen molar-refractivity contribution in [3.05, 3.63) is 102 Å². The van der Waals surface area contributed by atoms with Crippen LogP contribution in [0.15, 0.2) is 84.9 Å². The van der Waals surface area contributed by atoms with Gasteiger partial charge in [-0.15, -0.1) is 0 Å². The Bertz CT molecular complexity index is 1660. The zero-order chi connectivity index (χ0) is 35.6. The number of carboxylic acid groups (broad SMARTS) is 1. The van der Waals surface area contributed by atoms with E-state index in [9.17, 15) is 19.8 Å². The van der Waals surface area contributed by atoms with Crippen molar-refractivity contribution in [2.24, 2.45) is 5.41 Å². The van der Waals surface area contributed by atoms with Crippen molar-refractivity contribution in [2.45, 2.75) is 64.4 Å². The summed E-state index contributed by atoms with van der Waals surface area (Å²) in [4.78, 5) is 26.0. The smallest absolute Gasteiger partial charge is 0.323 e. The van der Waals surface area contributed by atoms with Crippen molar-refractivity contribution in [1.82, 2.24) is 16.0 Å². The van der Waals surface area contributed by atoms with Crippen LogP contribution >= 0.6 is 0 Å². The summed E-state index contributed by atoms with van der Waals surface area (Å²) in [7, 11) is 4.53. The minimum absolute atomic E-state index is 0.109. The summed E-state index contributed by atoms with van der Waals surface area (Å²) in [5.74, 6) is -0.0200. The zero-order valence-electron chi connectivity index (χ0n) is 29.2. The molecule has 0 heterocycles. The Morgan fingerprint density at radius 2 is 1.43 bits per heavy atom. The fourth-order valence-electron chi connectivity index (χ4n) is 5.94. The van der Waals surface area contributed by atoms with Gasteiger partial charge in [0.15, 0.2) is 11.5 Å². The first kappa shape index (κ1) is 37.2. The Labute approximate surface area is 288 Å². The number of aliphatic carboxylic acids is 1. The van der Waals surface area contributed by atoms with Crippen LogP contribution in [-0.4, -0.2) is 74.2 Å². The number of benzene rings is 4. The second-order valence-corrected chi connectivity index (χ2v) is 13.2. The predicted molar refractivity (Wildman–Crippen MR) is 191 cm³/mol. The Morgan fingerprint density at radius 3 is 2.04 bits per heavy atom. The fraction of sp³-hybridized carbons (Fsp3) is 0.385. The molecule has 0 radical (unpaired) electrons. The maximum absolute atomic E-state index is 13.4. The number of nitrogens with one attached hydrogen (secondary N) is 3. The number of amides is 1. The molecule has 0 unspecified atom stereocenters. The van der Waals surface area contributed by atoms with E-state index < -0.39 is 24.2 Å². The molecule has 4 rings (SSSR count). The number of methoxy groups -OCH3 is 3. The minimum atomic E-state index is -1.34. The van der Waals surface area contributed by atoms with Gasteiger partial charge < -0.3 is 35.1 Å². The molecule has 10 nitrogen and oxygen atoms in total. The molecule has 5 N–H and O–H groups in total. The molecule has 0 saturated heterocycles. The summed E-state index contributed by atoms with van der Waals surface area (Å²) >= 11 is 0. The van der Waals surface area contributed by atoms with Gasteiger partial charge in [-0.05, 0) is 51.4 Å². The van der Waals surface area contributed by atoms with E-state index in [1.54, 1.807) is 12.1 Å². The Hall–Kier alpha value is -4.64. The lowest BCUT2D eigenvalue weighted by Crippen LogP contribution is -2.59. The third-order valence-electron chi connectivity index (χ3n) is 8.76. The number of aliphatic hydroxyl groups is 1. The highest BCUT2D eigenvalue weighted by Gasteiger charge is 2.35. The molecule has 1 amide bonds. The van der Waals surface area contributed by atoms with Gasteiger partial charge in [0.2, 0.25) is 11.7 Å². The van der Waals surface area contributed by atoms with Crippen LogP contribution in [0.4, 0.5) is 0 Å². The molecule has 0 aliphatic carbocycles. The summed E-state index contributed by atoms with van der Waals surface area (Å²) in [6, 6.07) is 24.7. The lowest BCUT2D eigenvalue weighted by molar-refractivity contribution is -0.143. The van der Waals surface area contributed by atoms with Crippen LogP contribution in [-0.2, 0) is 29.0 Å². The molecular formula is C39H49N3O7. The van der Waals surface area contributed by atoms with E-state index in [1.165, 1.54) is 21.3 Å². The van der Waals surface area contributed by atoms with Crippen LogP contribution in [0.3, 0.4) is 0 Å². The fourth-order valence-corrected chi connectivity index (χ4v) is 5.94. The first-order valence-corrected chi connectivity index (χ1v) is 16.4. The van der Waals surface area contributed by atoms with Gasteiger partial charge >= 0.3 is 5.97 Å². The molecule has 0 saturated carbocycles. The molecular weight excluding hydrogens is 622 g/mol. The third-order valence-corrected chi connectivity index (χ3v) is 8.76. The van der Waals surface area contributed by atoms with E-state index in [1.807, 2.05) is 93.6 Å². The van der Waals surface area contributed by atoms with E-state index >= 15 is 0 Å². The normalized spacial score (nSPS) is 14.0. The number of aliphatic hydroxyl groups excluding tert-OH is 1. The lowest BCUT2D eigenvalue weighted by atomic mass is 9.85. The molecule has 262 valence electrons. The number of fused-ring (bicyclic) bond motifs is 1. The molecule has 4 atom stereocenters. The summed E-state index contributed by atoms with van der Waals surface area (Å²) in [6.45, 7) is 6.54. The van der Waals surface area contributed by atoms with Gasteiger partial charge in [-0.3, -0.25) is 14.9 Å². The van der Waals surface area contributed by atoms with Crippen molar-refractivity contribution >= 4 is 22.6 Å². The number of ether oxygens (including phenoxy) is 3. The standard InChI is InChI=1S/C39H49N3O7/c1-39(2,3)33(42-34(43)22-28-17-12-16-27-15-10-11-18-29(27)28)24-40-30(19-25-13-8-7-9-14-25)36(44)35(38(45)46)41-23-26-20-31(47-4)37(49-6)32(21-26)48-5/h7-18,20-21,30,33,35-36,40-41,44H,19,22-24H2,1-6H3,(H,42,43)(H,45,46)/t30-,33+,35+,36+/m0/s1. The first-order chi connectivity index (χ1) is 23.4. The third kappa shape index (κ3) is 9.95. The monoisotopic (exact) mass is 671 g/mol. The zero-order valence-corrected chi connectivity index (χ0v) is 29.2. The molecule has 0 aliphatic heterocycles. The van der Waals surface area contributed by atoms with Crippen LogP contribution in [0.2, 0.25) is 0 Å². The average Bonchev–Trinajstić information content (AvgIpc) is 3.08. The van der Waals surface area contributed by atoms with Gasteiger partial charge in [0, 0.05) is 25.2 Å². The van der Waals surface area contributed by atoms with Crippen molar-refractivity contribution in [3.8, 4) is 17.2 Å². The highest BCUT2D eigenvalue weighted by molar-refractivity contribution is 5.90. The average molecular weight is 672 g/mol. The number of carbonyl (C=O) groups excluding carboxylic acids is 1. The summed E-state index contributed by atoms with van der Waals surface area (Å²) in [5.41, 5.74) is 2.21. The minimum Gasteiger partial charge on any atom is -0.493 e. The van der Waals surface area contributed by atoms with Crippen molar-refractivity contribution in [3.63, 3.8) is 0 Å². The molecule has 4 aromatic rings. The first-order valence-electron chi connectivity index (χ1n) is 16.4. The van der Waals surface area contributed by atoms with Crippen LogP contribution in [0.1, 0.15) is 37.5 Å². The Morgan fingerprint density at radius 1 is 0.796 bits per heavy atom. The summed E-state index contributed by atoms with van der Waals surface area (Å²) in [6.07, 6.45) is -0.763. The van der Waals surface area contributed by atoms with Crippen LogP contribution < -0.4 is 30.2 Å². The van der Waals surface area contributed by atoms with E-state index in [-0.39, 0.29) is 30.3 Å². The molecule has 0 fully saturated rings. The topological polar surface area (TPSA) is 138 Å². The Balaban J connectivity index is 1.52. The largest absolute Gasteiger partial charge is 0.493 e. The quantitative estimate of drug-likeness (QED) is 0.108. The second-order valence-electron chi connectivity index (χ2n) is 13.2. The van der Waals surface area contributed by atoms with Crippen molar-refractivity contribution < 1.29 is 34.0 Å². The second kappa shape index (κ2) is 17.1. The van der Waals surface area contributed by atoms with Crippen LogP contribution in [0.25, 0.3) is 10.8 Å². The number of carboxylic acids is 1. The summed E-state index contributed by atoms with van der Waals surface area (Å²) in [5, 5.41) is 33.8. The maximum Gasteiger partial charge on any atom is 0.323 e. The molecule has 4 aromatic carbocycles. The molecule has 10 heteroatoms. The van der Waals surface area contributed by atoms with Gasteiger partial charge in [-0.25, -0.2) is 0 Å². The molecule has 0 spiro atoms. The number of hydrogen-bond donors (Lipinski definition) is 5. The highest BCUT2D eigenvalue weighted by Crippen LogP contribution is 2.38. The van der Waals surface area contributed by atoms with Gasteiger partial charge in [0.05, 0.1) is 33.9 Å². The molecule has 0 aliphatic rings. The Kier molecular flexibility index (Phi) is 13.0. The number of carbonyl (C=O) groups is 2. The molecule has 49 heavy (non-hydrogen) atoms. The molecule has 0 aromatic heterocycles. The van der Waals surface area contributed by atoms with Crippen molar-refractivity contribution in [1.29, 1.82) is 0 Å². The van der Waals surface area contributed by atoms with Crippen LogP contribution in [0, 0.1) is 5.41 Å². The number of rotatable bonds is 17. The molecule has 0 bridgehead atoms. The van der Waals surface area contributed by atoms with Gasteiger partial charge in [0.25, 0.3) is 0 Å². The van der Waals surface area contributed by atoms with E-state index in [2.05, 4.69) is 16.0 Å². The number of hydrogen-bond acceptors (Lipinski definition) is 8. The SMILES string of the molecule is COc1cc(CN[C@@H](C(=O)O)[C@H](O)[C@H](Cc2ccccc2)NC[C@@H](NC(=O)Cc2cccc3ccccc23)C(C)(C)C)cc(OC)c1OC. The van der Waals surface area contributed by atoms with Gasteiger partial charge in [0.1, 0.15) is 6.04 Å². The lowest BCUT2D eigenvalue weighted by Gasteiger charge is -2.35. The summed E-state index contributed by atoms with van der Waals surface area (Å²) < 4.78 is 16.3. The van der Waals surface area contributed by atoms with Gasteiger partial charge in [-0.1, -0.05) is 93.6 Å².